The highest BCUT2D eigenvalue weighted by atomic mass is 19.1. The molecule has 0 bridgehead atoms. The number of hydrogen-bond donors (Lipinski definition) is 1. The minimum atomic E-state index is -0.448. The summed E-state index contributed by atoms with van der Waals surface area (Å²) in [6.07, 6.45) is 0.220. The topological polar surface area (TPSA) is 43.1 Å². The third-order valence-electron chi connectivity index (χ3n) is 3.50. The second-order valence-electron chi connectivity index (χ2n) is 6.28. The predicted octanol–water partition coefficient (Wildman–Crippen LogP) is 4.13. The summed E-state index contributed by atoms with van der Waals surface area (Å²) in [5, 5.41) is 0. The van der Waals surface area contributed by atoms with E-state index in [1.807, 2.05) is 24.3 Å². The fourth-order valence-corrected chi connectivity index (χ4v) is 2.17. The van der Waals surface area contributed by atoms with Crippen molar-refractivity contribution < 1.29 is 9.18 Å². The van der Waals surface area contributed by atoms with Gasteiger partial charge in [0.2, 0.25) is 0 Å². The summed E-state index contributed by atoms with van der Waals surface area (Å²) >= 11 is 0. The van der Waals surface area contributed by atoms with E-state index in [0.29, 0.717) is 5.69 Å². The van der Waals surface area contributed by atoms with Crippen molar-refractivity contribution in [1.82, 2.24) is 0 Å². The first-order valence-corrected chi connectivity index (χ1v) is 6.95. The molecule has 0 spiro atoms. The van der Waals surface area contributed by atoms with Crippen molar-refractivity contribution in [1.29, 1.82) is 0 Å². The molecule has 2 aromatic carbocycles. The van der Waals surface area contributed by atoms with Gasteiger partial charge < -0.3 is 5.73 Å². The lowest BCUT2D eigenvalue weighted by molar-refractivity contribution is 0.0993. The summed E-state index contributed by atoms with van der Waals surface area (Å²) in [6.45, 7) is 6.42. The zero-order valence-corrected chi connectivity index (χ0v) is 12.6. The van der Waals surface area contributed by atoms with Gasteiger partial charge in [0.05, 0.1) is 0 Å². The molecule has 2 rings (SSSR count). The molecule has 0 unspecified atom stereocenters. The Morgan fingerprint density at radius 3 is 2.29 bits per heavy atom. The first-order valence-electron chi connectivity index (χ1n) is 6.95. The van der Waals surface area contributed by atoms with Crippen molar-refractivity contribution in [3.63, 3.8) is 0 Å². The molecular formula is C18H20FNO. The van der Waals surface area contributed by atoms with Crippen molar-refractivity contribution in [3.8, 4) is 0 Å². The molecule has 2 nitrogen and oxygen atoms in total. The molecule has 0 fully saturated rings. The van der Waals surface area contributed by atoms with E-state index in [9.17, 15) is 9.18 Å². The maximum absolute atomic E-state index is 13.2. The smallest absolute Gasteiger partial charge is 0.169 e. The van der Waals surface area contributed by atoms with Gasteiger partial charge in [-0.15, -0.1) is 0 Å². The Hall–Kier alpha value is -2.16. The molecule has 0 aromatic heterocycles. The molecule has 0 aliphatic rings. The zero-order chi connectivity index (χ0) is 15.6. The van der Waals surface area contributed by atoms with E-state index < -0.39 is 5.82 Å². The quantitative estimate of drug-likeness (QED) is 0.680. The van der Waals surface area contributed by atoms with Gasteiger partial charge in [-0.05, 0) is 34.7 Å². The highest BCUT2D eigenvalue weighted by Gasteiger charge is 2.15. The number of Topliss-reactive ketones (excluding diaryl/α,β-unsaturated/α-hetero) is 1. The van der Waals surface area contributed by atoms with E-state index in [-0.39, 0.29) is 23.2 Å². The summed E-state index contributed by atoms with van der Waals surface area (Å²) in [6, 6.07) is 11.8. The molecule has 0 saturated carbocycles. The van der Waals surface area contributed by atoms with Crippen molar-refractivity contribution in [3.05, 3.63) is 65.0 Å². The molecule has 0 saturated heterocycles. The van der Waals surface area contributed by atoms with Gasteiger partial charge in [0, 0.05) is 17.7 Å². The Labute approximate surface area is 124 Å². The lowest BCUT2D eigenvalue weighted by atomic mass is 9.86. The van der Waals surface area contributed by atoms with Crippen LogP contribution in [0.5, 0.6) is 0 Å². The number of nitrogen functional groups attached to an aromatic ring is 1. The molecule has 0 aliphatic carbocycles. The molecule has 2 N–H and O–H groups in total. The first kappa shape index (κ1) is 15.2. The van der Waals surface area contributed by atoms with E-state index in [2.05, 4.69) is 20.8 Å². The molecule has 0 atom stereocenters. The van der Waals surface area contributed by atoms with Gasteiger partial charge >= 0.3 is 0 Å². The number of nitrogens with two attached hydrogens (primary N) is 1. The number of ketones is 1. The highest BCUT2D eigenvalue weighted by Crippen LogP contribution is 2.23. The monoisotopic (exact) mass is 285 g/mol. The van der Waals surface area contributed by atoms with Crippen LogP contribution < -0.4 is 5.73 Å². The Morgan fingerprint density at radius 2 is 1.71 bits per heavy atom. The maximum atomic E-state index is 13.2. The SMILES string of the molecule is CC(C)(C)c1ccc(CC(=O)c2cc(F)ccc2N)cc1. The van der Waals surface area contributed by atoms with Crippen molar-refractivity contribution in [2.24, 2.45) is 0 Å². The summed E-state index contributed by atoms with van der Waals surface area (Å²) in [5.74, 6) is -0.619. The minimum absolute atomic E-state index is 0.0789. The van der Waals surface area contributed by atoms with E-state index in [4.69, 9.17) is 5.73 Å². The van der Waals surface area contributed by atoms with E-state index >= 15 is 0 Å². The number of carbonyl (C=O) groups is 1. The van der Waals surface area contributed by atoms with Crippen LogP contribution in [0.1, 0.15) is 42.3 Å². The van der Waals surface area contributed by atoms with E-state index in [0.717, 1.165) is 5.56 Å². The third-order valence-corrected chi connectivity index (χ3v) is 3.50. The Balaban J connectivity index is 2.18. The minimum Gasteiger partial charge on any atom is -0.398 e. The van der Waals surface area contributed by atoms with Crippen LogP contribution in [0.3, 0.4) is 0 Å². The summed E-state index contributed by atoms with van der Waals surface area (Å²) in [4.78, 5) is 12.2. The van der Waals surface area contributed by atoms with E-state index in [1.54, 1.807) is 0 Å². The number of anilines is 1. The van der Waals surface area contributed by atoms with Crippen LogP contribution in [0.25, 0.3) is 0 Å². The summed E-state index contributed by atoms with van der Waals surface area (Å²) in [7, 11) is 0. The fourth-order valence-electron chi connectivity index (χ4n) is 2.17. The predicted molar refractivity (Wildman–Crippen MR) is 84.0 cm³/mol. The Kier molecular flexibility index (Phi) is 4.12. The van der Waals surface area contributed by atoms with Gasteiger partial charge in [0.25, 0.3) is 0 Å². The van der Waals surface area contributed by atoms with Crippen molar-refractivity contribution in [2.75, 3.05) is 5.73 Å². The van der Waals surface area contributed by atoms with Crippen LogP contribution >= 0.6 is 0 Å². The van der Waals surface area contributed by atoms with Gasteiger partial charge in [-0.1, -0.05) is 45.0 Å². The van der Waals surface area contributed by atoms with Gasteiger partial charge in [0.1, 0.15) is 5.82 Å². The lowest BCUT2D eigenvalue weighted by Gasteiger charge is -2.19. The Bertz CT molecular complexity index is 654. The standard InChI is InChI=1S/C18H20FNO/c1-18(2,3)13-6-4-12(5-7-13)10-17(21)15-11-14(19)8-9-16(15)20/h4-9,11H,10,20H2,1-3H3. The average Bonchev–Trinajstić information content (AvgIpc) is 2.41. The molecule has 0 aliphatic heterocycles. The molecule has 2 aromatic rings. The lowest BCUT2D eigenvalue weighted by Crippen LogP contribution is -2.11. The number of benzene rings is 2. The molecule has 110 valence electrons. The summed E-state index contributed by atoms with van der Waals surface area (Å²) in [5.41, 5.74) is 8.49. The number of halogens is 1. The van der Waals surface area contributed by atoms with Gasteiger partial charge in [0.15, 0.2) is 5.78 Å². The molecular weight excluding hydrogens is 265 g/mol. The summed E-state index contributed by atoms with van der Waals surface area (Å²) < 4.78 is 13.2. The Morgan fingerprint density at radius 1 is 1.10 bits per heavy atom. The first-order chi connectivity index (χ1) is 9.77. The largest absolute Gasteiger partial charge is 0.398 e. The van der Waals surface area contributed by atoms with Crippen LogP contribution in [-0.4, -0.2) is 5.78 Å². The normalized spacial score (nSPS) is 11.4. The van der Waals surface area contributed by atoms with Crippen LogP contribution in [0, 0.1) is 5.82 Å². The zero-order valence-electron chi connectivity index (χ0n) is 12.6. The molecule has 0 radical (unpaired) electrons. The van der Waals surface area contributed by atoms with Crippen LogP contribution in [0.4, 0.5) is 10.1 Å². The van der Waals surface area contributed by atoms with E-state index in [1.165, 1.54) is 23.8 Å². The maximum Gasteiger partial charge on any atom is 0.169 e. The van der Waals surface area contributed by atoms with Gasteiger partial charge in [-0.3, -0.25) is 4.79 Å². The molecule has 21 heavy (non-hydrogen) atoms. The number of rotatable bonds is 3. The molecule has 3 heteroatoms. The number of hydrogen-bond acceptors (Lipinski definition) is 2. The van der Waals surface area contributed by atoms with Crippen LogP contribution in [-0.2, 0) is 11.8 Å². The fraction of sp³-hybridized carbons (Fsp3) is 0.278. The average molecular weight is 285 g/mol. The van der Waals surface area contributed by atoms with Gasteiger partial charge in [-0.25, -0.2) is 4.39 Å². The van der Waals surface area contributed by atoms with Crippen molar-refractivity contribution >= 4 is 11.5 Å². The third kappa shape index (κ3) is 3.69. The van der Waals surface area contributed by atoms with Crippen LogP contribution in [0.2, 0.25) is 0 Å². The number of carbonyl (C=O) groups excluding carboxylic acids is 1. The molecule has 0 amide bonds. The van der Waals surface area contributed by atoms with Crippen LogP contribution in [0.15, 0.2) is 42.5 Å². The molecule has 0 heterocycles. The van der Waals surface area contributed by atoms with Gasteiger partial charge in [-0.2, -0.15) is 0 Å². The highest BCUT2D eigenvalue weighted by molar-refractivity contribution is 6.01. The van der Waals surface area contributed by atoms with Crippen molar-refractivity contribution in [2.45, 2.75) is 32.6 Å². The second kappa shape index (κ2) is 5.68. The second-order valence-corrected chi connectivity index (χ2v) is 6.28.